The average Bonchev–Trinajstić information content (AvgIpc) is 2.57. The largest absolute Gasteiger partial charge is 0.342 e. The summed E-state index contributed by atoms with van der Waals surface area (Å²) in [4.78, 5) is 19.7. The third-order valence-corrected chi connectivity index (χ3v) is 5.72. The normalized spacial score (nSPS) is 27.2. The van der Waals surface area contributed by atoms with Gasteiger partial charge in [0.1, 0.15) is 0 Å². The van der Waals surface area contributed by atoms with E-state index in [1.54, 1.807) is 0 Å². The number of likely N-dealkylation sites (tertiary alicyclic amines) is 2. The molecule has 3 aliphatic rings. The third-order valence-electron chi connectivity index (χ3n) is 5.72. The Morgan fingerprint density at radius 3 is 2.23 bits per heavy atom. The van der Waals surface area contributed by atoms with Crippen LogP contribution in [0.2, 0.25) is 0 Å². The second kappa shape index (κ2) is 7.75. The van der Waals surface area contributed by atoms with Gasteiger partial charge in [-0.2, -0.15) is 0 Å². The maximum atomic E-state index is 12.6. The Hall–Kier alpha value is -0.650. The molecule has 0 unspecified atom stereocenters. The minimum absolute atomic E-state index is 0.293. The molecule has 3 aliphatic heterocycles. The SMILES string of the molecule is CN1CCC(C(=O)N2CCC(CN3CCNCC3)CC2)CC1. The summed E-state index contributed by atoms with van der Waals surface area (Å²) in [7, 11) is 2.16. The minimum atomic E-state index is 0.293. The van der Waals surface area contributed by atoms with Crippen molar-refractivity contribution in [3.63, 3.8) is 0 Å². The molecule has 0 aromatic carbocycles. The quantitative estimate of drug-likeness (QED) is 0.823. The van der Waals surface area contributed by atoms with Crippen LogP contribution in [-0.4, -0.2) is 86.6 Å². The van der Waals surface area contributed by atoms with Crippen LogP contribution < -0.4 is 5.32 Å². The minimum Gasteiger partial charge on any atom is -0.342 e. The molecule has 5 heteroatoms. The number of hydrogen-bond donors (Lipinski definition) is 1. The van der Waals surface area contributed by atoms with Crippen molar-refractivity contribution in [3.05, 3.63) is 0 Å². The zero-order valence-electron chi connectivity index (χ0n) is 14.1. The molecule has 0 aromatic rings. The molecule has 0 atom stereocenters. The van der Waals surface area contributed by atoms with Gasteiger partial charge in [-0.25, -0.2) is 0 Å². The summed E-state index contributed by atoms with van der Waals surface area (Å²) in [6.45, 7) is 10.0. The van der Waals surface area contributed by atoms with Gasteiger partial charge >= 0.3 is 0 Å². The highest BCUT2D eigenvalue weighted by Crippen LogP contribution is 2.24. The average molecular weight is 308 g/mol. The van der Waals surface area contributed by atoms with Crippen LogP contribution in [0, 0.1) is 11.8 Å². The Kier molecular flexibility index (Phi) is 5.71. The number of nitrogens with zero attached hydrogens (tertiary/aromatic N) is 3. The molecule has 0 aromatic heterocycles. The van der Waals surface area contributed by atoms with Crippen molar-refractivity contribution in [3.8, 4) is 0 Å². The van der Waals surface area contributed by atoms with E-state index in [2.05, 4.69) is 27.1 Å². The first-order chi connectivity index (χ1) is 10.7. The maximum absolute atomic E-state index is 12.6. The van der Waals surface area contributed by atoms with Crippen molar-refractivity contribution in [1.82, 2.24) is 20.0 Å². The van der Waals surface area contributed by atoms with Crippen LogP contribution in [0.15, 0.2) is 0 Å². The molecule has 3 saturated heterocycles. The molecule has 0 spiro atoms. The summed E-state index contributed by atoms with van der Waals surface area (Å²) in [5, 5.41) is 3.42. The van der Waals surface area contributed by atoms with Crippen molar-refractivity contribution in [2.75, 3.05) is 66.0 Å². The molecule has 3 heterocycles. The predicted octanol–water partition coefficient (Wildman–Crippen LogP) is 0.472. The van der Waals surface area contributed by atoms with Crippen LogP contribution >= 0.6 is 0 Å². The molecule has 0 saturated carbocycles. The molecule has 22 heavy (non-hydrogen) atoms. The van der Waals surface area contributed by atoms with Crippen molar-refractivity contribution in [1.29, 1.82) is 0 Å². The van der Waals surface area contributed by atoms with Gasteiger partial charge in [-0.3, -0.25) is 4.79 Å². The Bertz CT molecular complexity index is 354. The van der Waals surface area contributed by atoms with Gasteiger partial charge < -0.3 is 20.0 Å². The monoisotopic (exact) mass is 308 g/mol. The maximum Gasteiger partial charge on any atom is 0.225 e. The van der Waals surface area contributed by atoms with Crippen LogP contribution in [0.3, 0.4) is 0 Å². The van der Waals surface area contributed by atoms with Gasteiger partial charge in [0.2, 0.25) is 5.91 Å². The molecule has 1 N–H and O–H groups in total. The van der Waals surface area contributed by atoms with E-state index in [1.165, 1.54) is 32.5 Å². The fraction of sp³-hybridized carbons (Fsp3) is 0.941. The van der Waals surface area contributed by atoms with E-state index in [9.17, 15) is 4.79 Å². The van der Waals surface area contributed by atoms with Crippen LogP contribution in [0.4, 0.5) is 0 Å². The van der Waals surface area contributed by atoms with Gasteiger partial charge in [-0.05, 0) is 51.7 Å². The molecule has 5 nitrogen and oxygen atoms in total. The Morgan fingerprint density at radius 1 is 0.955 bits per heavy atom. The second-order valence-corrected chi connectivity index (χ2v) is 7.40. The van der Waals surface area contributed by atoms with E-state index >= 15 is 0 Å². The fourth-order valence-corrected chi connectivity index (χ4v) is 4.11. The van der Waals surface area contributed by atoms with Crippen LogP contribution in [0.25, 0.3) is 0 Å². The highest BCUT2D eigenvalue weighted by Gasteiger charge is 2.30. The van der Waals surface area contributed by atoms with Gasteiger partial charge in [0, 0.05) is 51.7 Å². The summed E-state index contributed by atoms with van der Waals surface area (Å²) in [5.41, 5.74) is 0. The number of piperidine rings is 2. The van der Waals surface area contributed by atoms with Crippen molar-refractivity contribution in [2.45, 2.75) is 25.7 Å². The van der Waals surface area contributed by atoms with E-state index < -0.39 is 0 Å². The topological polar surface area (TPSA) is 38.8 Å². The Balaban J connectivity index is 1.40. The fourth-order valence-electron chi connectivity index (χ4n) is 4.11. The number of carbonyl (C=O) groups is 1. The van der Waals surface area contributed by atoms with Gasteiger partial charge in [0.25, 0.3) is 0 Å². The lowest BCUT2D eigenvalue weighted by Crippen LogP contribution is -2.48. The van der Waals surface area contributed by atoms with Crippen molar-refractivity contribution < 1.29 is 4.79 Å². The summed E-state index contributed by atoms with van der Waals surface area (Å²) in [6, 6.07) is 0. The number of hydrogen-bond acceptors (Lipinski definition) is 4. The lowest BCUT2D eigenvalue weighted by Gasteiger charge is -2.38. The van der Waals surface area contributed by atoms with Crippen LogP contribution in [-0.2, 0) is 4.79 Å². The number of nitrogens with one attached hydrogen (secondary N) is 1. The zero-order chi connectivity index (χ0) is 15.4. The number of amides is 1. The standard InChI is InChI=1S/C17H32N4O/c1-19-8-4-16(5-9-19)17(22)21-10-2-15(3-11-21)14-20-12-6-18-7-13-20/h15-16,18H,2-14H2,1H3. The predicted molar refractivity (Wildman–Crippen MR) is 88.8 cm³/mol. The first kappa shape index (κ1) is 16.2. The van der Waals surface area contributed by atoms with Gasteiger partial charge in [0.15, 0.2) is 0 Å². The van der Waals surface area contributed by atoms with E-state index in [1.807, 2.05) is 0 Å². The molecule has 0 aliphatic carbocycles. The van der Waals surface area contributed by atoms with E-state index in [4.69, 9.17) is 0 Å². The molecule has 0 bridgehead atoms. The van der Waals surface area contributed by atoms with E-state index in [-0.39, 0.29) is 0 Å². The van der Waals surface area contributed by atoms with Crippen molar-refractivity contribution in [2.24, 2.45) is 11.8 Å². The van der Waals surface area contributed by atoms with Gasteiger partial charge in [-0.1, -0.05) is 0 Å². The second-order valence-electron chi connectivity index (χ2n) is 7.40. The molecule has 3 fully saturated rings. The van der Waals surface area contributed by atoms with Gasteiger partial charge in [0.05, 0.1) is 0 Å². The van der Waals surface area contributed by atoms with E-state index in [0.29, 0.717) is 11.8 Å². The number of piperazine rings is 1. The van der Waals surface area contributed by atoms with Crippen LogP contribution in [0.5, 0.6) is 0 Å². The molecule has 3 rings (SSSR count). The third kappa shape index (κ3) is 4.21. The summed E-state index contributed by atoms with van der Waals surface area (Å²) >= 11 is 0. The number of rotatable bonds is 3. The van der Waals surface area contributed by atoms with Crippen molar-refractivity contribution >= 4 is 5.91 Å². The molecule has 126 valence electrons. The molecule has 0 radical (unpaired) electrons. The lowest BCUT2D eigenvalue weighted by molar-refractivity contribution is -0.138. The van der Waals surface area contributed by atoms with E-state index in [0.717, 1.165) is 58.0 Å². The molecule has 1 amide bonds. The Labute approximate surface area is 135 Å². The first-order valence-corrected chi connectivity index (χ1v) is 9.13. The Morgan fingerprint density at radius 2 is 1.59 bits per heavy atom. The highest BCUT2D eigenvalue weighted by atomic mass is 16.2. The summed E-state index contributed by atoms with van der Waals surface area (Å²) < 4.78 is 0. The summed E-state index contributed by atoms with van der Waals surface area (Å²) in [6.07, 6.45) is 4.50. The lowest BCUT2D eigenvalue weighted by atomic mass is 9.92. The number of carbonyl (C=O) groups excluding carboxylic acids is 1. The highest BCUT2D eigenvalue weighted by molar-refractivity contribution is 5.79. The summed E-state index contributed by atoms with van der Waals surface area (Å²) in [5.74, 6) is 1.52. The molecular weight excluding hydrogens is 276 g/mol. The molecular formula is C17H32N4O. The smallest absolute Gasteiger partial charge is 0.225 e. The van der Waals surface area contributed by atoms with Crippen LogP contribution in [0.1, 0.15) is 25.7 Å². The zero-order valence-corrected chi connectivity index (χ0v) is 14.1. The van der Waals surface area contributed by atoms with Gasteiger partial charge in [-0.15, -0.1) is 0 Å². The first-order valence-electron chi connectivity index (χ1n) is 9.13.